The summed E-state index contributed by atoms with van der Waals surface area (Å²) < 4.78 is 5.86. The number of Topliss-reactive ketones (excluding diaryl/α,β-unsaturated/α-hetero) is 3. The second kappa shape index (κ2) is 10.4. The Labute approximate surface area is 237 Å². The van der Waals surface area contributed by atoms with Gasteiger partial charge in [-0.1, -0.05) is 109 Å². The topological polar surface area (TPSA) is 77.5 Å². The Morgan fingerprint density at radius 2 is 1.29 bits per heavy atom. The number of carbonyl (C=O) groups is 4. The number of esters is 1. The van der Waals surface area contributed by atoms with Crippen LogP contribution in [0.15, 0.2) is 126 Å². The van der Waals surface area contributed by atoms with Crippen molar-refractivity contribution in [1.29, 1.82) is 0 Å². The molecule has 1 saturated carbocycles. The van der Waals surface area contributed by atoms with Gasteiger partial charge in [-0.25, -0.2) is 0 Å². The van der Waals surface area contributed by atoms with Gasteiger partial charge in [0.25, 0.3) is 0 Å². The lowest BCUT2D eigenvalue weighted by Gasteiger charge is -2.39. The Balaban J connectivity index is 1.70. The number of ketones is 3. The quantitative estimate of drug-likeness (QED) is 0.0919. The molecule has 1 unspecified atom stereocenters. The van der Waals surface area contributed by atoms with Gasteiger partial charge in [0.1, 0.15) is 5.75 Å². The molecule has 1 aliphatic carbocycles. The summed E-state index contributed by atoms with van der Waals surface area (Å²) in [4.78, 5) is 56.9. The summed E-state index contributed by atoms with van der Waals surface area (Å²) in [5.74, 6) is -3.93. The van der Waals surface area contributed by atoms with Gasteiger partial charge in [0.15, 0.2) is 22.8 Å². The zero-order valence-electron chi connectivity index (χ0n) is 22.3. The second-order valence-electron chi connectivity index (χ2n) is 10.3. The number of benzene rings is 4. The van der Waals surface area contributed by atoms with Crippen LogP contribution in [0.5, 0.6) is 5.75 Å². The highest BCUT2D eigenvalue weighted by molar-refractivity contribution is 6.28. The summed E-state index contributed by atoms with van der Waals surface area (Å²) in [6, 6.07) is 33.7. The van der Waals surface area contributed by atoms with Crippen molar-refractivity contribution in [2.75, 3.05) is 0 Å². The van der Waals surface area contributed by atoms with Crippen LogP contribution in [-0.4, -0.2) is 23.3 Å². The maximum atomic E-state index is 14.7. The van der Waals surface area contributed by atoms with Gasteiger partial charge in [-0.05, 0) is 36.3 Å². The predicted octanol–water partition coefficient (Wildman–Crippen LogP) is 6.51. The van der Waals surface area contributed by atoms with E-state index in [1.165, 1.54) is 6.92 Å². The summed E-state index contributed by atoms with van der Waals surface area (Å²) >= 11 is 0. The Morgan fingerprint density at radius 3 is 1.93 bits per heavy atom. The van der Waals surface area contributed by atoms with Crippen LogP contribution >= 0.6 is 0 Å². The molecular weight excluding hydrogens is 512 g/mol. The smallest absolute Gasteiger partial charge is 0.330 e. The third-order valence-electron chi connectivity index (χ3n) is 7.92. The molecule has 0 amide bonds. The minimum absolute atomic E-state index is 0.0206. The maximum absolute atomic E-state index is 14.7. The first-order valence-electron chi connectivity index (χ1n) is 13.4. The lowest BCUT2D eigenvalue weighted by Crippen LogP contribution is -2.49. The van der Waals surface area contributed by atoms with E-state index in [2.05, 4.69) is 0 Å². The first kappa shape index (κ1) is 26.1. The number of carbonyl (C=O) groups excluding carboxylic acids is 4. The van der Waals surface area contributed by atoms with Crippen LogP contribution < -0.4 is 4.74 Å². The van der Waals surface area contributed by atoms with Crippen LogP contribution in [0, 0.1) is 11.3 Å². The van der Waals surface area contributed by atoms with Gasteiger partial charge in [-0.2, -0.15) is 0 Å². The lowest BCUT2D eigenvalue weighted by molar-refractivity contribution is -0.143. The van der Waals surface area contributed by atoms with E-state index in [0.29, 0.717) is 11.1 Å². The standard InChI is InChI=1S/C36H26O5/c1-23(37)28(21-24-13-5-2-6-14-24)31-32-27-19-11-12-20-30(27)41-35(40)36(32,34(39)26-17-9-4-10-18-26)29(33(31)38)22-25-15-7-3-8-16-25/h2-22,31-32H,1H3/b28-21-,29-22-/t31-,32?,36+/m0/s1. The molecule has 1 heterocycles. The molecule has 5 nitrogen and oxygen atoms in total. The zero-order chi connectivity index (χ0) is 28.6. The number of allylic oxidation sites excluding steroid dienone is 1. The normalized spacial score (nSPS) is 22.6. The van der Waals surface area contributed by atoms with Crippen molar-refractivity contribution in [3.63, 3.8) is 0 Å². The molecule has 6 rings (SSSR count). The summed E-state index contributed by atoms with van der Waals surface area (Å²) in [5, 5.41) is 0. The number of ether oxygens (including phenoxy) is 1. The van der Waals surface area contributed by atoms with Gasteiger partial charge >= 0.3 is 5.97 Å². The fourth-order valence-corrected chi connectivity index (χ4v) is 6.13. The monoisotopic (exact) mass is 538 g/mol. The minimum atomic E-state index is -2.00. The molecule has 4 aromatic rings. The van der Waals surface area contributed by atoms with Crippen LogP contribution in [-0.2, 0) is 14.4 Å². The SMILES string of the molecule is CC(=O)/C(=C/c1ccccc1)[C@@H]1C(=O)/C(=C/c2ccccc2)[C@@]2(C(=O)c3ccccc3)C(=O)Oc3ccccc3C12. The van der Waals surface area contributed by atoms with E-state index in [1.807, 2.05) is 48.5 Å². The summed E-state index contributed by atoms with van der Waals surface area (Å²) in [7, 11) is 0. The van der Waals surface area contributed by atoms with Crippen molar-refractivity contribution >= 4 is 35.5 Å². The number of fused-ring (bicyclic) bond motifs is 3. The van der Waals surface area contributed by atoms with Crippen LogP contribution in [0.1, 0.15) is 39.9 Å². The average Bonchev–Trinajstić information content (AvgIpc) is 3.26. The summed E-state index contributed by atoms with van der Waals surface area (Å²) in [5.41, 5.74) is 0.448. The number of rotatable bonds is 6. The Bertz CT molecular complexity index is 1730. The number of hydrogen-bond donors (Lipinski definition) is 0. The molecule has 3 atom stereocenters. The second-order valence-corrected chi connectivity index (χ2v) is 10.3. The Hall–Kier alpha value is -5.16. The molecule has 200 valence electrons. The van der Waals surface area contributed by atoms with Crippen LogP contribution in [0.4, 0.5) is 0 Å². The van der Waals surface area contributed by atoms with Crippen LogP contribution in [0.25, 0.3) is 12.2 Å². The van der Waals surface area contributed by atoms with Gasteiger partial charge in [-0.3, -0.25) is 19.2 Å². The van der Waals surface area contributed by atoms with E-state index in [0.717, 1.165) is 5.56 Å². The van der Waals surface area contributed by atoms with E-state index < -0.39 is 34.8 Å². The largest absolute Gasteiger partial charge is 0.425 e. The highest BCUT2D eigenvalue weighted by Crippen LogP contribution is 2.62. The molecule has 1 fully saturated rings. The van der Waals surface area contributed by atoms with Gasteiger partial charge in [-0.15, -0.1) is 0 Å². The number of para-hydroxylation sites is 1. The van der Waals surface area contributed by atoms with Gasteiger partial charge in [0.05, 0.1) is 5.92 Å². The van der Waals surface area contributed by atoms with Crippen molar-refractivity contribution in [2.45, 2.75) is 12.8 Å². The van der Waals surface area contributed by atoms with E-state index >= 15 is 0 Å². The first-order chi connectivity index (χ1) is 19.9. The molecule has 41 heavy (non-hydrogen) atoms. The van der Waals surface area contributed by atoms with E-state index in [-0.39, 0.29) is 28.2 Å². The molecule has 0 saturated heterocycles. The van der Waals surface area contributed by atoms with E-state index in [9.17, 15) is 19.2 Å². The summed E-state index contributed by atoms with van der Waals surface area (Å²) in [6.07, 6.45) is 3.29. The highest BCUT2D eigenvalue weighted by atomic mass is 16.5. The molecule has 0 spiro atoms. The maximum Gasteiger partial charge on any atom is 0.330 e. The van der Waals surface area contributed by atoms with Crippen molar-refractivity contribution in [1.82, 2.24) is 0 Å². The van der Waals surface area contributed by atoms with Crippen molar-refractivity contribution in [2.24, 2.45) is 11.3 Å². The van der Waals surface area contributed by atoms with Crippen molar-refractivity contribution in [3.8, 4) is 5.75 Å². The van der Waals surface area contributed by atoms with Crippen molar-refractivity contribution < 1.29 is 23.9 Å². The molecule has 1 aliphatic heterocycles. The average molecular weight is 539 g/mol. The third kappa shape index (κ3) is 4.27. The van der Waals surface area contributed by atoms with Gasteiger partial charge in [0.2, 0.25) is 0 Å². The zero-order valence-corrected chi connectivity index (χ0v) is 22.3. The lowest BCUT2D eigenvalue weighted by atomic mass is 9.63. The molecule has 5 heteroatoms. The van der Waals surface area contributed by atoms with Crippen LogP contribution in [0.2, 0.25) is 0 Å². The Morgan fingerprint density at radius 1 is 0.732 bits per heavy atom. The molecule has 2 aliphatic rings. The third-order valence-corrected chi connectivity index (χ3v) is 7.92. The van der Waals surface area contributed by atoms with Crippen molar-refractivity contribution in [3.05, 3.63) is 149 Å². The summed E-state index contributed by atoms with van der Waals surface area (Å²) in [6.45, 7) is 1.41. The fourth-order valence-electron chi connectivity index (χ4n) is 6.13. The molecule has 0 N–H and O–H groups in total. The molecule has 0 radical (unpaired) electrons. The Kier molecular flexibility index (Phi) is 6.64. The first-order valence-corrected chi connectivity index (χ1v) is 13.4. The molecular formula is C36H26O5. The molecule has 0 aromatic heterocycles. The number of hydrogen-bond acceptors (Lipinski definition) is 5. The highest BCUT2D eigenvalue weighted by Gasteiger charge is 2.69. The van der Waals surface area contributed by atoms with Crippen LogP contribution in [0.3, 0.4) is 0 Å². The van der Waals surface area contributed by atoms with Gasteiger partial charge in [0, 0.05) is 28.2 Å². The van der Waals surface area contributed by atoms with E-state index in [4.69, 9.17) is 4.74 Å². The molecule has 4 aromatic carbocycles. The van der Waals surface area contributed by atoms with Gasteiger partial charge < -0.3 is 4.74 Å². The minimum Gasteiger partial charge on any atom is -0.425 e. The molecule has 0 bridgehead atoms. The predicted molar refractivity (Wildman–Crippen MR) is 156 cm³/mol. The van der Waals surface area contributed by atoms with E-state index in [1.54, 1.807) is 78.9 Å². The fraction of sp³-hybridized carbons (Fsp3) is 0.111.